The highest BCUT2D eigenvalue weighted by Crippen LogP contribution is 2.29. The summed E-state index contributed by atoms with van der Waals surface area (Å²) in [6, 6.07) is 8.36. The molecule has 5 heteroatoms. The molecule has 2 fully saturated rings. The van der Waals surface area contributed by atoms with Gasteiger partial charge in [-0.25, -0.2) is 0 Å². The van der Waals surface area contributed by atoms with Gasteiger partial charge in [-0.1, -0.05) is 12.1 Å². The molecule has 3 rings (SSSR count). The van der Waals surface area contributed by atoms with Crippen LogP contribution in [0.2, 0.25) is 0 Å². The number of carbonyl (C=O) groups excluding carboxylic acids is 2. The van der Waals surface area contributed by atoms with E-state index < -0.39 is 0 Å². The average molecular weight is 329 g/mol. The zero-order valence-corrected chi connectivity index (χ0v) is 14.6. The van der Waals surface area contributed by atoms with Crippen LogP contribution in [0.3, 0.4) is 0 Å². The van der Waals surface area contributed by atoms with E-state index in [1.165, 1.54) is 6.42 Å². The molecule has 2 aliphatic heterocycles. The Balaban J connectivity index is 1.68. The molecule has 2 aliphatic rings. The molecular weight excluding hydrogens is 302 g/mol. The summed E-state index contributed by atoms with van der Waals surface area (Å²) >= 11 is 0. The molecule has 1 aromatic carbocycles. The average Bonchev–Trinajstić information content (AvgIpc) is 2.99. The van der Waals surface area contributed by atoms with Crippen LogP contribution in [0.1, 0.15) is 46.0 Å². The maximum atomic E-state index is 12.7. The second kappa shape index (κ2) is 7.24. The molecule has 0 spiro atoms. The van der Waals surface area contributed by atoms with E-state index in [0.29, 0.717) is 18.5 Å². The van der Waals surface area contributed by atoms with Crippen LogP contribution in [0.15, 0.2) is 24.3 Å². The lowest BCUT2D eigenvalue weighted by Crippen LogP contribution is -2.49. The summed E-state index contributed by atoms with van der Waals surface area (Å²) in [5.41, 5.74) is 1.74. The minimum absolute atomic E-state index is 0.136. The number of piperidine rings is 1. The summed E-state index contributed by atoms with van der Waals surface area (Å²) < 4.78 is 0. The van der Waals surface area contributed by atoms with Crippen molar-refractivity contribution in [2.24, 2.45) is 0 Å². The van der Waals surface area contributed by atoms with Crippen LogP contribution in [0.5, 0.6) is 0 Å². The van der Waals surface area contributed by atoms with E-state index in [0.717, 1.165) is 37.2 Å². The number of rotatable bonds is 4. The predicted molar refractivity (Wildman–Crippen MR) is 96.1 cm³/mol. The molecule has 0 saturated carbocycles. The van der Waals surface area contributed by atoms with Crippen molar-refractivity contribution in [3.8, 4) is 0 Å². The van der Waals surface area contributed by atoms with Gasteiger partial charge in [-0.15, -0.1) is 0 Å². The zero-order valence-electron chi connectivity index (χ0n) is 14.6. The highest BCUT2D eigenvalue weighted by molar-refractivity contribution is 5.98. The maximum Gasteiger partial charge on any atom is 0.242 e. The molecule has 0 aliphatic carbocycles. The van der Waals surface area contributed by atoms with Gasteiger partial charge in [0.2, 0.25) is 11.8 Å². The Hall–Kier alpha value is -2.04. The van der Waals surface area contributed by atoms with Crippen molar-refractivity contribution in [2.45, 2.75) is 58.0 Å². The first-order valence-corrected chi connectivity index (χ1v) is 9.02. The highest BCUT2D eigenvalue weighted by atomic mass is 16.2. The second-order valence-corrected chi connectivity index (χ2v) is 6.95. The number of likely N-dealkylation sites (tertiary alicyclic amines) is 1. The van der Waals surface area contributed by atoms with Crippen LogP contribution < -0.4 is 10.2 Å². The van der Waals surface area contributed by atoms with Gasteiger partial charge in [0, 0.05) is 25.0 Å². The molecule has 2 saturated heterocycles. The summed E-state index contributed by atoms with van der Waals surface area (Å²) in [6.45, 7) is 5.29. The molecule has 130 valence electrons. The Morgan fingerprint density at radius 3 is 2.54 bits per heavy atom. The molecular formula is C19H27N3O2. The van der Waals surface area contributed by atoms with Gasteiger partial charge in [0.05, 0.1) is 17.9 Å². The lowest BCUT2D eigenvalue weighted by Gasteiger charge is -2.39. The van der Waals surface area contributed by atoms with Crippen molar-refractivity contribution in [3.05, 3.63) is 24.3 Å². The number of hydrogen-bond acceptors (Lipinski definition) is 3. The van der Waals surface area contributed by atoms with Gasteiger partial charge in [-0.3, -0.25) is 9.59 Å². The Morgan fingerprint density at radius 2 is 1.88 bits per heavy atom. The molecule has 0 unspecified atom stereocenters. The molecule has 1 aromatic rings. The van der Waals surface area contributed by atoms with Crippen molar-refractivity contribution in [1.29, 1.82) is 0 Å². The van der Waals surface area contributed by atoms with Crippen molar-refractivity contribution in [2.75, 3.05) is 23.3 Å². The fourth-order valence-electron chi connectivity index (χ4n) is 3.94. The Morgan fingerprint density at radius 1 is 1.17 bits per heavy atom. The summed E-state index contributed by atoms with van der Waals surface area (Å²) in [5, 5.41) is 3.26. The summed E-state index contributed by atoms with van der Waals surface area (Å²) in [4.78, 5) is 28.5. The molecule has 2 heterocycles. The smallest absolute Gasteiger partial charge is 0.242 e. The topological polar surface area (TPSA) is 52.7 Å². The summed E-state index contributed by atoms with van der Waals surface area (Å²) in [5.74, 6) is 0.297. The fourth-order valence-corrected chi connectivity index (χ4v) is 3.94. The third kappa shape index (κ3) is 3.40. The second-order valence-electron chi connectivity index (χ2n) is 6.95. The minimum Gasteiger partial charge on any atom is -0.374 e. The van der Waals surface area contributed by atoms with Gasteiger partial charge in [0.1, 0.15) is 0 Å². The van der Waals surface area contributed by atoms with Crippen LogP contribution in [0.25, 0.3) is 0 Å². The van der Waals surface area contributed by atoms with E-state index in [1.807, 2.05) is 34.1 Å². The summed E-state index contributed by atoms with van der Waals surface area (Å²) in [6.07, 6.45) is 4.86. The van der Waals surface area contributed by atoms with E-state index in [4.69, 9.17) is 0 Å². The van der Waals surface area contributed by atoms with Crippen LogP contribution in [-0.4, -0.2) is 41.9 Å². The van der Waals surface area contributed by atoms with Crippen LogP contribution >= 0.6 is 0 Å². The lowest BCUT2D eigenvalue weighted by atomic mass is 9.97. The number of nitrogens with zero attached hydrogens (tertiary/aromatic N) is 2. The third-order valence-electron chi connectivity index (χ3n) is 5.18. The number of benzene rings is 1. The number of amides is 2. The van der Waals surface area contributed by atoms with Crippen molar-refractivity contribution >= 4 is 23.2 Å². The fraction of sp³-hybridized carbons (Fsp3) is 0.579. The van der Waals surface area contributed by atoms with Gasteiger partial charge >= 0.3 is 0 Å². The van der Waals surface area contributed by atoms with Gasteiger partial charge in [0.25, 0.3) is 0 Å². The Bertz CT molecular complexity index is 606. The number of carbonyl (C=O) groups is 2. The van der Waals surface area contributed by atoms with E-state index in [-0.39, 0.29) is 18.4 Å². The minimum atomic E-state index is 0.136. The standard InChI is InChI=1S/C19H27N3O2/c1-14-7-5-8-15(2)22(14)19(24)13-20-16-9-3-4-10-17(16)21-12-6-11-18(21)23/h3-4,9-10,14-15,20H,5-8,11-13H2,1-2H3/t14-,15+. The molecule has 2 amide bonds. The van der Waals surface area contributed by atoms with Crippen molar-refractivity contribution < 1.29 is 9.59 Å². The molecule has 0 radical (unpaired) electrons. The predicted octanol–water partition coefficient (Wildman–Crippen LogP) is 3.01. The first kappa shape index (κ1) is 16.8. The van der Waals surface area contributed by atoms with Crippen molar-refractivity contribution in [1.82, 2.24) is 4.90 Å². The summed E-state index contributed by atoms with van der Waals surface area (Å²) in [7, 11) is 0. The quantitative estimate of drug-likeness (QED) is 0.924. The van der Waals surface area contributed by atoms with E-state index in [2.05, 4.69) is 19.2 Å². The SMILES string of the molecule is C[C@@H]1CCC[C@H](C)N1C(=O)CNc1ccccc1N1CCCC1=O. The van der Waals surface area contributed by atoms with Gasteiger partial charge in [-0.2, -0.15) is 0 Å². The van der Waals surface area contributed by atoms with E-state index >= 15 is 0 Å². The molecule has 24 heavy (non-hydrogen) atoms. The molecule has 2 atom stereocenters. The number of hydrogen-bond donors (Lipinski definition) is 1. The lowest BCUT2D eigenvalue weighted by molar-refractivity contribution is -0.135. The highest BCUT2D eigenvalue weighted by Gasteiger charge is 2.29. The van der Waals surface area contributed by atoms with Crippen LogP contribution in [-0.2, 0) is 9.59 Å². The molecule has 5 nitrogen and oxygen atoms in total. The number of para-hydroxylation sites is 2. The molecule has 1 N–H and O–H groups in total. The van der Waals surface area contributed by atoms with Gasteiger partial charge < -0.3 is 15.1 Å². The van der Waals surface area contributed by atoms with E-state index in [1.54, 1.807) is 0 Å². The first-order chi connectivity index (χ1) is 11.6. The van der Waals surface area contributed by atoms with Crippen molar-refractivity contribution in [3.63, 3.8) is 0 Å². The largest absolute Gasteiger partial charge is 0.374 e. The zero-order chi connectivity index (χ0) is 17.1. The third-order valence-corrected chi connectivity index (χ3v) is 5.18. The van der Waals surface area contributed by atoms with E-state index in [9.17, 15) is 9.59 Å². The Kier molecular flexibility index (Phi) is 5.07. The first-order valence-electron chi connectivity index (χ1n) is 9.02. The maximum absolute atomic E-state index is 12.7. The number of anilines is 2. The molecule has 0 aromatic heterocycles. The van der Waals surface area contributed by atoms with Crippen LogP contribution in [0, 0.1) is 0 Å². The number of nitrogens with one attached hydrogen (secondary N) is 1. The Labute approximate surface area is 144 Å². The monoisotopic (exact) mass is 329 g/mol. The van der Waals surface area contributed by atoms with Gasteiger partial charge in [-0.05, 0) is 51.7 Å². The molecule has 0 bridgehead atoms. The normalized spacial score (nSPS) is 24.3. The van der Waals surface area contributed by atoms with Gasteiger partial charge in [0.15, 0.2) is 0 Å². The van der Waals surface area contributed by atoms with Crippen LogP contribution in [0.4, 0.5) is 11.4 Å².